The van der Waals surface area contributed by atoms with Gasteiger partial charge in [-0.3, -0.25) is 5.10 Å². The molecule has 4 N–H and O–H groups in total. The van der Waals surface area contributed by atoms with E-state index in [2.05, 4.69) is 14.9 Å². The normalized spacial score (nSPS) is 11.6. The molecule has 0 atom stereocenters. The lowest BCUT2D eigenvalue weighted by atomic mass is 10.2. The average Bonchev–Trinajstić information content (AvgIpc) is 2.72. The van der Waals surface area contributed by atoms with Gasteiger partial charge in [0.05, 0.1) is 11.1 Å². The number of hydrogen-bond acceptors (Lipinski definition) is 4. The first-order valence-corrected chi connectivity index (χ1v) is 6.81. The van der Waals surface area contributed by atoms with Gasteiger partial charge in [-0.1, -0.05) is 12.1 Å². The largest absolute Gasteiger partial charge is 0.384 e. The van der Waals surface area contributed by atoms with E-state index in [1.165, 1.54) is 6.20 Å². The van der Waals surface area contributed by atoms with E-state index in [1.807, 2.05) is 13.0 Å². The summed E-state index contributed by atoms with van der Waals surface area (Å²) in [5.41, 5.74) is 7.09. The van der Waals surface area contributed by atoms with Crippen molar-refractivity contribution >= 4 is 15.8 Å². The highest BCUT2D eigenvalue weighted by Crippen LogP contribution is 2.12. The first-order chi connectivity index (χ1) is 8.49. The number of aryl methyl sites for hydroxylation is 1. The molecule has 0 unspecified atom stereocenters. The highest BCUT2D eigenvalue weighted by atomic mass is 32.2. The van der Waals surface area contributed by atoms with Crippen molar-refractivity contribution in [2.24, 2.45) is 0 Å². The van der Waals surface area contributed by atoms with Gasteiger partial charge in [0.1, 0.15) is 5.82 Å². The van der Waals surface area contributed by atoms with Crippen molar-refractivity contribution in [3.05, 3.63) is 41.6 Å². The Hall–Kier alpha value is -1.86. The zero-order valence-electron chi connectivity index (χ0n) is 9.84. The number of rotatable bonds is 4. The fraction of sp³-hybridized carbons (Fsp3) is 0.182. The van der Waals surface area contributed by atoms with E-state index in [9.17, 15) is 8.42 Å². The number of nitrogens with two attached hydrogens (primary N) is 1. The smallest absolute Gasteiger partial charge is 0.240 e. The standard InChI is InChI=1S/C11H14N4O2S/c1-8-3-2-4-10(5-8)18(16,17)14-7-9-6-13-15-11(9)12/h2-6,14H,7H2,1H3,(H3,12,13,15). The van der Waals surface area contributed by atoms with Crippen LogP contribution in [0.25, 0.3) is 0 Å². The van der Waals surface area contributed by atoms with Gasteiger partial charge in [0.25, 0.3) is 0 Å². The monoisotopic (exact) mass is 266 g/mol. The van der Waals surface area contributed by atoms with Gasteiger partial charge in [0, 0.05) is 12.1 Å². The second-order valence-electron chi connectivity index (χ2n) is 3.95. The molecule has 0 fully saturated rings. The number of nitrogens with zero attached hydrogens (tertiary/aromatic N) is 1. The minimum Gasteiger partial charge on any atom is -0.384 e. The topological polar surface area (TPSA) is 101 Å². The third-order valence-corrected chi connectivity index (χ3v) is 3.90. The van der Waals surface area contributed by atoms with Crippen molar-refractivity contribution in [2.75, 3.05) is 5.73 Å². The molecule has 6 nitrogen and oxygen atoms in total. The first kappa shape index (κ1) is 12.6. The van der Waals surface area contributed by atoms with Gasteiger partial charge in [0.2, 0.25) is 10.0 Å². The summed E-state index contributed by atoms with van der Waals surface area (Å²) >= 11 is 0. The van der Waals surface area contributed by atoms with Crippen LogP contribution in [0.5, 0.6) is 0 Å². The van der Waals surface area contributed by atoms with Gasteiger partial charge in [-0.05, 0) is 24.6 Å². The summed E-state index contributed by atoms with van der Waals surface area (Å²) in [5.74, 6) is 0.363. The number of nitrogen functional groups attached to an aromatic ring is 1. The van der Waals surface area contributed by atoms with E-state index in [0.717, 1.165) is 5.56 Å². The van der Waals surface area contributed by atoms with E-state index in [-0.39, 0.29) is 11.4 Å². The van der Waals surface area contributed by atoms with Crippen LogP contribution >= 0.6 is 0 Å². The van der Waals surface area contributed by atoms with Crippen molar-refractivity contribution in [1.82, 2.24) is 14.9 Å². The molecule has 0 bridgehead atoms. The molecule has 1 heterocycles. The molecule has 18 heavy (non-hydrogen) atoms. The second-order valence-corrected chi connectivity index (χ2v) is 5.72. The Morgan fingerprint density at radius 3 is 2.83 bits per heavy atom. The molecule has 2 rings (SSSR count). The SMILES string of the molecule is Cc1cccc(S(=O)(=O)NCc2cn[nH]c2N)c1. The molecule has 0 aliphatic carbocycles. The Balaban J connectivity index is 2.16. The second kappa shape index (κ2) is 4.79. The van der Waals surface area contributed by atoms with Gasteiger partial charge in [-0.2, -0.15) is 5.10 Å². The molecular weight excluding hydrogens is 252 g/mol. The Bertz CT molecular complexity index is 649. The molecule has 96 valence electrons. The number of anilines is 1. The fourth-order valence-corrected chi connectivity index (χ4v) is 2.61. The number of aromatic nitrogens is 2. The summed E-state index contributed by atoms with van der Waals surface area (Å²) in [6, 6.07) is 6.71. The molecule has 7 heteroatoms. The van der Waals surface area contributed by atoms with E-state index in [4.69, 9.17) is 5.73 Å². The van der Waals surface area contributed by atoms with E-state index >= 15 is 0 Å². The maximum atomic E-state index is 12.0. The molecule has 1 aromatic carbocycles. The summed E-state index contributed by atoms with van der Waals surface area (Å²) < 4.78 is 26.5. The van der Waals surface area contributed by atoms with Crippen LogP contribution < -0.4 is 10.5 Å². The Labute approximate surface area is 105 Å². The Kier molecular flexibility index (Phi) is 3.35. The fourth-order valence-electron chi connectivity index (χ4n) is 1.50. The van der Waals surface area contributed by atoms with Crippen LogP contribution in [-0.4, -0.2) is 18.6 Å². The zero-order chi connectivity index (χ0) is 13.2. The lowest BCUT2D eigenvalue weighted by Gasteiger charge is -2.06. The quantitative estimate of drug-likeness (QED) is 0.761. The van der Waals surface area contributed by atoms with Gasteiger partial charge in [0.15, 0.2) is 0 Å². The van der Waals surface area contributed by atoms with Gasteiger partial charge in [-0.15, -0.1) is 0 Å². The highest BCUT2D eigenvalue weighted by Gasteiger charge is 2.14. The maximum Gasteiger partial charge on any atom is 0.240 e. The number of benzene rings is 1. The molecule has 2 aromatic rings. The van der Waals surface area contributed by atoms with Crippen LogP contribution in [0.1, 0.15) is 11.1 Å². The summed E-state index contributed by atoms with van der Waals surface area (Å²) in [6.07, 6.45) is 1.49. The van der Waals surface area contributed by atoms with Crippen molar-refractivity contribution in [3.8, 4) is 0 Å². The van der Waals surface area contributed by atoms with Crippen LogP contribution in [0.4, 0.5) is 5.82 Å². The van der Waals surface area contributed by atoms with Crippen LogP contribution in [0, 0.1) is 6.92 Å². The molecular formula is C11H14N4O2S. The van der Waals surface area contributed by atoms with Gasteiger partial charge < -0.3 is 5.73 Å². The number of aromatic amines is 1. The van der Waals surface area contributed by atoms with Crippen molar-refractivity contribution in [3.63, 3.8) is 0 Å². The Morgan fingerprint density at radius 2 is 2.22 bits per heavy atom. The minimum absolute atomic E-state index is 0.110. The molecule has 0 saturated heterocycles. The van der Waals surface area contributed by atoms with Crippen LogP contribution in [0.15, 0.2) is 35.4 Å². The predicted octanol–water partition coefficient (Wildman–Crippen LogP) is 0.779. The number of sulfonamides is 1. The van der Waals surface area contributed by atoms with Crippen LogP contribution in [0.2, 0.25) is 0 Å². The Morgan fingerprint density at radius 1 is 1.44 bits per heavy atom. The van der Waals surface area contributed by atoms with Crippen LogP contribution in [0.3, 0.4) is 0 Å². The number of nitrogens with one attached hydrogen (secondary N) is 2. The van der Waals surface area contributed by atoms with E-state index in [1.54, 1.807) is 18.2 Å². The maximum absolute atomic E-state index is 12.0. The lowest BCUT2D eigenvalue weighted by molar-refractivity contribution is 0.581. The van der Waals surface area contributed by atoms with Crippen molar-refractivity contribution in [1.29, 1.82) is 0 Å². The molecule has 0 radical (unpaired) electrons. The zero-order valence-corrected chi connectivity index (χ0v) is 10.7. The molecule has 0 saturated carbocycles. The minimum atomic E-state index is -3.52. The molecule has 0 aliphatic heterocycles. The predicted molar refractivity (Wildman–Crippen MR) is 68.2 cm³/mol. The first-order valence-electron chi connectivity index (χ1n) is 5.33. The van der Waals surface area contributed by atoms with E-state index < -0.39 is 10.0 Å². The number of H-pyrrole nitrogens is 1. The van der Waals surface area contributed by atoms with Crippen LogP contribution in [-0.2, 0) is 16.6 Å². The molecule has 0 amide bonds. The third kappa shape index (κ3) is 2.69. The summed E-state index contributed by atoms with van der Waals surface area (Å²) in [7, 11) is -3.52. The highest BCUT2D eigenvalue weighted by molar-refractivity contribution is 7.89. The van der Waals surface area contributed by atoms with Gasteiger partial charge in [-0.25, -0.2) is 13.1 Å². The van der Waals surface area contributed by atoms with Gasteiger partial charge >= 0.3 is 0 Å². The summed E-state index contributed by atoms with van der Waals surface area (Å²) in [4.78, 5) is 0.240. The summed E-state index contributed by atoms with van der Waals surface area (Å²) in [6.45, 7) is 1.95. The van der Waals surface area contributed by atoms with Crippen molar-refractivity contribution < 1.29 is 8.42 Å². The molecule has 0 aliphatic rings. The molecule has 1 aromatic heterocycles. The van der Waals surface area contributed by atoms with Crippen molar-refractivity contribution in [2.45, 2.75) is 18.4 Å². The lowest BCUT2D eigenvalue weighted by Crippen LogP contribution is -2.23. The average molecular weight is 266 g/mol. The number of hydrogen-bond donors (Lipinski definition) is 3. The van der Waals surface area contributed by atoms with E-state index in [0.29, 0.717) is 11.4 Å². The summed E-state index contributed by atoms with van der Waals surface area (Å²) in [5, 5.41) is 6.27. The molecule has 0 spiro atoms. The third-order valence-electron chi connectivity index (χ3n) is 2.50.